The second kappa shape index (κ2) is 7.40. The van der Waals surface area contributed by atoms with Gasteiger partial charge in [-0.2, -0.15) is 0 Å². The average molecular weight is 255 g/mol. The minimum Gasteiger partial charge on any atom is -0.353 e. The lowest BCUT2D eigenvalue weighted by Gasteiger charge is -2.15. The molecule has 0 saturated carbocycles. The fourth-order valence-electron chi connectivity index (χ4n) is 1.61. The van der Waals surface area contributed by atoms with Gasteiger partial charge in [-0.05, 0) is 20.3 Å². The average Bonchev–Trinajstić information content (AvgIpc) is 2.79. The maximum absolute atomic E-state index is 11.6. The van der Waals surface area contributed by atoms with Crippen LogP contribution in [0.15, 0.2) is 11.6 Å². The Balaban J connectivity index is 2.24. The van der Waals surface area contributed by atoms with E-state index < -0.39 is 0 Å². The normalized spacial score (nSPS) is 14.3. The second-order valence-corrected chi connectivity index (χ2v) is 5.16. The van der Waals surface area contributed by atoms with E-state index >= 15 is 0 Å². The Kier molecular flexibility index (Phi) is 6.15. The van der Waals surface area contributed by atoms with Crippen molar-refractivity contribution in [2.24, 2.45) is 0 Å². The molecule has 96 valence electrons. The van der Waals surface area contributed by atoms with E-state index in [0.29, 0.717) is 6.54 Å². The molecule has 1 aromatic heterocycles. The highest BCUT2D eigenvalue weighted by atomic mass is 32.1. The number of amides is 1. The molecule has 0 aromatic carbocycles. The van der Waals surface area contributed by atoms with Crippen LogP contribution in [0.3, 0.4) is 0 Å². The number of hydrogen-bond acceptors (Lipinski definition) is 4. The molecule has 1 rings (SSSR count). The summed E-state index contributed by atoms with van der Waals surface area (Å²) in [4.78, 5) is 15.8. The van der Waals surface area contributed by atoms with Gasteiger partial charge in [-0.3, -0.25) is 10.1 Å². The molecular weight excluding hydrogens is 234 g/mol. The van der Waals surface area contributed by atoms with Gasteiger partial charge in [0.15, 0.2) is 0 Å². The first-order chi connectivity index (χ1) is 8.13. The van der Waals surface area contributed by atoms with Crippen LogP contribution in [-0.4, -0.2) is 23.5 Å². The van der Waals surface area contributed by atoms with E-state index in [1.807, 2.05) is 19.2 Å². The third-order valence-electron chi connectivity index (χ3n) is 2.52. The van der Waals surface area contributed by atoms with Gasteiger partial charge >= 0.3 is 0 Å². The number of thiazole rings is 1. The van der Waals surface area contributed by atoms with Crippen molar-refractivity contribution in [1.29, 1.82) is 0 Å². The molecule has 2 atom stereocenters. The quantitative estimate of drug-likeness (QED) is 0.784. The maximum Gasteiger partial charge on any atom is 0.234 e. The molecule has 0 aliphatic heterocycles. The van der Waals surface area contributed by atoms with Gasteiger partial charge in [0.2, 0.25) is 5.91 Å². The first kappa shape index (κ1) is 14.1. The fourth-order valence-corrected chi connectivity index (χ4v) is 2.28. The van der Waals surface area contributed by atoms with Crippen molar-refractivity contribution in [2.75, 3.05) is 6.54 Å². The summed E-state index contributed by atoms with van der Waals surface area (Å²) in [5.74, 6) is 0.0503. The van der Waals surface area contributed by atoms with Gasteiger partial charge in [0, 0.05) is 17.6 Å². The summed E-state index contributed by atoms with van der Waals surface area (Å²) in [5.41, 5.74) is 0. The number of rotatable bonds is 7. The van der Waals surface area contributed by atoms with Crippen molar-refractivity contribution in [3.63, 3.8) is 0 Å². The molecule has 0 aliphatic rings. The van der Waals surface area contributed by atoms with Gasteiger partial charge in [-0.1, -0.05) is 13.3 Å². The molecule has 1 amide bonds. The van der Waals surface area contributed by atoms with E-state index in [4.69, 9.17) is 0 Å². The summed E-state index contributed by atoms with van der Waals surface area (Å²) < 4.78 is 0. The molecule has 2 N–H and O–H groups in total. The van der Waals surface area contributed by atoms with E-state index in [1.165, 1.54) is 0 Å². The van der Waals surface area contributed by atoms with Crippen molar-refractivity contribution >= 4 is 17.2 Å². The maximum atomic E-state index is 11.6. The Morgan fingerprint density at radius 2 is 2.29 bits per heavy atom. The summed E-state index contributed by atoms with van der Waals surface area (Å²) in [7, 11) is 0. The molecule has 1 heterocycles. The van der Waals surface area contributed by atoms with Crippen LogP contribution in [0.5, 0.6) is 0 Å². The molecule has 1 aromatic rings. The number of nitrogens with one attached hydrogen (secondary N) is 2. The molecule has 0 spiro atoms. The second-order valence-electron chi connectivity index (χ2n) is 4.23. The Labute approximate surface area is 107 Å². The SMILES string of the molecule is CCCC(C)NC(=O)CNC(C)c1nccs1. The van der Waals surface area contributed by atoms with Crippen LogP contribution in [0.1, 0.15) is 44.7 Å². The first-order valence-electron chi connectivity index (χ1n) is 6.05. The van der Waals surface area contributed by atoms with Crippen LogP contribution in [0.25, 0.3) is 0 Å². The summed E-state index contributed by atoms with van der Waals surface area (Å²) in [6, 6.07) is 0.381. The minimum absolute atomic E-state index is 0.0503. The predicted molar refractivity (Wildman–Crippen MR) is 71.0 cm³/mol. The van der Waals surface area contributed by atoms with E-state index in [0.717, 1.165) is 17.8 Å². The van der Waals surface area contributed by atoms with Gasteiger partial charge in [-0.25, -0.2) is 4.98 Å². The molecule has 5 heteroatoms. The lowest BCUT2D eigenvalue weighted by atomic mass is 10.2. The van der Waals surface area contributed by atoms with Gasteiger partial charge in [0.05, 0.1) is 12.6 Å². The highest BCUT2D eigenvalue weighted by Gasteiger charge is 2.10. The number of aromatic nitrogens is 1. The molecule has 0 aliphatic carbocycles. The number of carbonyl (C=O) groups is 1. The van der Waals surface area contributed by atoms with Gasteiger partial charge < -0.3 is 5.32 Å². The Morgan fingerprint density at radius 1 is 1.53 bits per heavy atom. The van der Waals surface area contributed by atoms with E-state index in [2.05, 4.69) is 22.5 Å². The van der Waals surface area contributed by atoms with Crippen molar-refractivity contribution in [1.82, 2.24) is 15.6 Å². The fraction of sp³-hybridized carbons (Fsp3) is 0.667. The van der Waals surface area contributed by atoms with Crippen LogP contribution in [0, 0.1) is 0 Å². The van der Waals surface area contributed by atoms with Crippen LogP contribution >= 0.6 is 11.3 Å². The monoisotopic (exact) mass is 255 g/mol. The molecule has 0 saturated heterocycles. The largest absolute Gasteiger partial charge is 0.353 e. The zero-order chi connectivity index (χ0) is 12.7. The van der Waals surface area contributed by atoms with E-state index in [-0.39, 0.29) is 18.0 Å². The van der Waals surface area contributed by atoms with Gasteiger partial charge in [0.1, 0.15) is 5.01 Å². The molecule has 0 fully saturated rings. The molecule has 4 nitrogen and oxygen atoms in total. The van der Waals surface area contributed by atoms with Crippen molar-refractivity contribution in [3.05, 3.63) is 16.6 Å². The third-order valence-corrected chi connectivity index (χ3v) is 3.48. The van der Waals surface area contributed by atoms with Crippen molar-refractivity contribution in [2.45, 2.75) is 45.7 Å². The van der Waals surface area contributed by atoms with Crippen molar-refractivity contribution in [3.8, 4) is 0 Å². The predicted octanol–water partition coefficient (Wildman–Crippen LogP) is 2.10. The number of carbonyl (C=O) groups excluding carboxylic acids is 1. The lowest BCUT2D eigenvalue weighted by molar-refractivity contribution is -0.121. The standard InChI is InChI=1S/C12H21N3OS/c1-4-5-9(2)15-11(16)8-14-10(3)12-13-6-7-17-12/h6-7,9-10,14H,4-5,8H2,1-3H3,(H,15,16). The Hall–Kier alpha value is -0.940. The zero-order valence-corrected chi connectivity index (χ0v) is 11.5. The van der Waals surface area contributed by atoms with Crippen LogP contribution in [0.4, 0.5) is 0 Å². The molecular formula is C12H21N3OS. The highest BCUT2D eigenvalue weighted by Crippen LogP contribution is 2.13. The highest BCUT2D eigenvalue weighted by molar-refractivity contribution is 7.09. The summed E-state index contributed by atoms with van der Waals surface area (Å²) in [5, 5.41) is 9.09. The summed E-state index contributed by atoms with van der Waals surface area (Å²) in [6.07, 6.45) is 3.89. The minimum atomic E-state index is 0.0503. The molecule has 17 heavy (non-hydrogen) atoms. The lowest BCUT2D eigenvalue weighted by Crippen LogP contribution is -2.39. The van der Waals surface area contributed by atoms with Crippen molar-refractivity contribution < 1.29 is 4.79 Å². The van der Waals surface area contributed by atoms with Crippen LogP contribution < -0.4 is 10.6 Å². The number of hydrogen-bond donors (Lipinski definition) is 2. The van der Waals surface area contributed by atoms with Crippen LogP contribution in [-0.2, 0) is 4.79 Å². The topological polar surface area (TPSA) is 54.0 Å². The smallest absolute Gasteiger partial charge is 0.234 e. The summed E-state index contributed by atoms with van der Waals surface area (Å²) in [6.45, 7) is 6.51. The van der Waals surface area contributed by atoms with E-state index in [9.17, 15) is 4.79 Å². The Morgan fingerprint density at radius 3 is 2.88 bits per heavy atom. The number of nitrogens with zero attached hydrogens (tertiary/aromatic N) is 1. The third kappa shape index (κ3) is 5.28. The van der Waals surface area contributed by atoms with Gasteiger partial charge in [-0.15, -0.1) is 11.3 Å². The Bertz CT molecular complexity index is 327. The molecule has 0 radical (unpaired) electrons. The van der Waals surface area contributed by atoms with E-state index in [1.54, 1.807) is 17.5 Å². The summed E-state index contributed by atoms with van der Waals surface area (Å²) >= 11 is 1.60. The molecule has 2 unspecified atom stereocenters. The first-order valence-corrected chi connectivity index (χ1v) is 6.93. The van der Waals surface area contributed by atoms with Gasteiger partial charge in [0.25, 0.3) is 0 Å². The molecule has 0 bridgehead atoms. The zero-order valence-electron chi connectivity index (χ0n) is 10.7. The van der Waals surface area contributed by atoms with Crippen LogP contribution in [0.2, 0.25) is 0 Å².